The average molecular weight is 502 g/mol. The van der Waals surface area contributed by atoms with Crippen LogP contribution >= 0.6 is 34.5 Å². The van der Waals surface area contributed by atoms with Gasteiger partial charge in [0.05, 0.1) is 23.3 Å². The van der Waals surface area contributed by atoms with E-state index in [1.807, 2.05) is 41.8 Å². The minimum atomic E-state index is -0.808. The number of aliphatic hydroxyl groups is 1. The smallest absolute Gasteiger partial charge is 0.300 e. The van der Waals surface area contributed by atoms with Gasteiger partial charge in [-0.2, -0.15) is 0 Å². The van der Waals surface area contributed by atoms with Gasteiger partial charge in [-0.25, -0.2) is 0 Å². The predicted octanol–water partition coefficient (Wildman–Crippen LogP) is 6.81. The maximum absolute atomic E-state index is 13.2. The van der Waals surface area contributed by atoms with Crippen LogP contribution in [0, 0.1) is 0 Å². The Morgan fingerprint density at radius 1 is 1.12 bits per heavy atom. The van der Waals surface area contributed by atoms with Crippen molar-refractivity contribution >= 4 is 57.7 Å². The van der Waals surface area contributed by atoms with Crippen molar-refractivity contribution in [2.75, 3.05) is 12.0 Å². The summed E-state index contributed by atoms with van der Waals surface area (Å²) in [5.74, 6) is -1.43. The number of hydrogen-bond acceptors (Lipinski definition) is 5. The molecule has 0 bridgehead atoms. The largest absolute Gasteiger partial charge is 0.507 e. The van der Waals surface area contributed by atoms with Crippen molar-refractivity contribution < 1.29 is 19.4 Å². The average Bonchev–Trinajstić information content (AvgIpc) is 3.40. The summed E-state index contributed by atoms with van der Waals surface area (Å²) in [5, 5.41) is 13.6. The fourth-order valence-electron chi connectivity index (χ4n) is 3.92. The van der Waals surface area contributed by atoms with Gasteiger partial charge in [0, 0.05) is 15.6 Å². The van der Waals surface area contributed by atoms with Crippen LogP contribution < -0.4 is 9.64 Å². The van der Waals surface area contributed by atoms with E-state index in [0.717, 1.165) is 10.4 Å². The third-order valence-corrected chi connectivity index (χ3v) is 6.99. The van der Waals surface area contributed by atoms with Gasteiger partial charge in [-0.3, -0.25) is 14.5 Å². The van der Waals surface area contributed by atoms with Crippen LogP contribution in [-0.4, -0.2) is 23.9 Å². The number of ether oxygens (including phenoxy) is 1. The van der Waals surface area contributed by atoms with Crippen LogP contribution in [0.4, 0.5) is 5.69 Å². The Bertz CT molecular complexity index is 1250. The highest BCUT2D eigenvalue weighted by molar-refractivity contribution is 7.10. The molecule has 0 aliphatic carbocycles. The number of thiophene rings is 1. The number of carbonyl (C=O) groups excluding carboxylic acids is 2. The molecule has 8 heteroatoms. The van der Waals surface area contributed by atoms with Crippen molar-refractivity contribution in [3.05, 3.63) is 85.5 Å². The lowest BCUT2D eigenvalue weighted by molar-refractivity contribution is -0.132. The molecular weight excluding hydrogens is 481 g/mol. The zero-order chi connectivity index (χ0) is 23.9. The highest BCUT2D eigenvalue weighted by atomic mass is 35.5. The second-order valence-electron chi connectivity index (χ2n) is 7.90. The first kappa shape index (κ1) is 23.4. The summed E-state index contributed by atoms with van der Waals surface area (Å²) in [6.45, 7) is 4.16. The fourth-order valence-corrected chi connectivity index (χ4v) is 5.32. The van der Waals surface area contributed by atoms with E-state index in [1.54, 1.807) is 0 Å². The Hall–Kier alpha value is -2.80. The molecule has 1 atom stereocenters. The van der Waals surface area contributed by atoms with E-state index in [1.165, 1.54) is 35.5 Å². The Balaban J connectivity index is 1.94. The van der Waals surface area contributed by atoms with Crippen LogP contribution in [0.25, 0.3) is 5.76 Å². The van der Waals surface area contributed by atoms with Crippen molar-refractivity contribution in [3.63, 3.8) is 0 Å². The van der Waals surface area contributed by atoms with Gasteiger partial charge in [0.2, 0.25) is 0 Å². The summed E-state index contributed by atoms with van der Waals surface area (Å²) in [4.78, 5) is 28.6. The number of ketones is 1. The number of rotatable bonds is 5. The first-order valence-electron chi connectivity index (χ1n) is 10.2. The summed E-state index contributed by atoms with van der Waals surface area (Å²) in [6.07, 6.45) is 0. The molecule has 1 saturated heterocycles. The second kappa shape index (κ2) is 9.21. The van der Waals surface area contributed by atoms with Gasteiger partial charge < -0.3 is 9.84 Å². The van der Waals surface area contributed by atoms with Gasteiger partial charge in [0.15, 0.2) is 0 Å². The molecule has 1 aliphatic heterocycles. The number of amides is 1. The van der Waals surface area contributed by atoms with E-state index >= 15 is 0 Å². The number of benzene rings is 2. The Morgan fingerprint density at radius 2 is 1.82 bits per heavy atom. The molecule has 1 fully saturated rings. The number of anilines is 1. The molecule has 1 amide bonds. The number of hydrogen-bond donors (Lipinski definition) is 1. The molecular formula is C25H21Cl2NO4S. The summed E-state index contributed by atoms with van der Waals surface area (Å²) in [5.41, 5.74) is 1.77. The quantitative estimate of drug-likeness (QED) is 0.236. The summed E-state index contributed by atoms with van der Waals surface area (Å²) in [7, 11) is 1.40. The highest BCUT2D eigenvalue weighted by Gasteiger charge is 2.47. The van der Waals surface area contributed by atoms with Crippen molar-refractivity contribution in [1.29, 1.82) is 0 Å². The van der Waals surface area contributed by atoms with Crippen LogP contribution in [0.2, 0.25) is 10.0 Å². The number of nitrogens with zero attached hydrogens (tertiary/aromatic N) is 1. The lowest BCUT2D eigenvalue weighted by atomic mass is 9.99. The van der Waals surface area contributed by atoms with Crippen molar-refractivity contribution in [3.8, 4) is 5.75 Å². The Kier molecular flexibility index (Phi) is 6.52. The Morgan fingerprint density at radius 3 is 2.39 bits per heavy atom. The van der Waals surface area contributed by atoms with E-state index in [0.29, 0.717) is 11.6 Å². The van der Waals surface area contributed by atoms with Crippen LogP contribution in [0.5, 0.6) is 5.75 Å². The zero-order valence-electron chi connectivity index (χ0n) is 18.1. The van der Waals surface area contributed by atoms with Gasteiger partial charge in [-0.05, 0) is 47.2 Å². The van der Waals surface area contributed by atoms with Gasteiger partial charge in [-0.1, -0.05) is 55.2 Å². The molecule has 0 spiro atoms. The number of methoxy groups -OCH3 is 1. The summed E-state index contributed by atoms with van der Waals surface area (Å²) < 4.78 is 5.35. The normalized spacial score (nSPS) is 17.8. The minimum Gasteiger partial charge on any atom is -0.507 e. The standard InChI is InChI=1S/C25H21Cl2NO4S/c1-13(2)14-6-8-16(9-7-14)28-21(19-5-4-10-33-19)20(23(30)25(28)31)22(29)17-11-15(26)12-18(27)24(17)32-3/h4-13,21,29H,1-3H3/b22-20-. The minimum absolute atomic E-state index is 0.0491. The SMILES string of the molecule is COc1c(Cl)cc(Cl)cc1/C(O)=C1/C(=O)C(=O)N(c2ccc(C(C)C)cc2)C1c1cccs1. The van der Waals surface area contributed by atoms with Gasteiger partial charge in [0.25, 0.3) is 11.7 Å². The molecule has 2 aromatic carbocycles. The van der Waals surface area contributed by atoms with Crippen LogP contribution in [0.15, 0.2) is 59.5 Å². The zero-order valence-corrected chi connectivity index (χ0v) is 20.5. The third kappa shape index (κ3) is 4.14. The molecule has 0 radical (unpaired) electrons. The molecule has 4 rings (SSSR count). The molecule has 1 N–H and O–H groups in total. The van der Waals surface area contributed by atoms with Crippen molar-refractivity contribution in [2.45, 2.75) is 25.8 Å². The van der Waals surface area contributed by atoms with Crippen molar-refractivity contribution in [1.82, 2.24) is 0 Å². The number of carbonyl (C=O) groups is 2. The molecule has 2 heterocycles. The second-order valence-corrected chi connectivity index (χ2v) is 9.72. The number of halogens is 2. The first-order valence-corrected chi connectivity index (χ1v) is 11.9. The maximum Gasteiger partial charge on any atom is 0.300 e. The van der Waals surface area contributed by atoms with Crippen LogP contribution in [0.3, 0.4) is 0 Å². The van der Waals surface area contributed by atoms with Crippen LogP contribution in [0.1, 0.15) is 41.8 Å². The molecule has 1 aromatic heterocycles. The van der Waals surface area contributed by atoms with Gasteiger partial charge in [0.1, 0.15) is 17.6 Å². The van der Waals surface area contributed by atoms with E-state index in [2.05, 4.69) is 13.8 Å². The Labute approximate surface area is 205 Å². The molecule has 0 saturated carbocycles. The molecule has 1 aliphatic rings. The van der Waals surface area contributed by atoms with Crippen LogP contribution in [-0.2, 0) is 9.59 Å². The predicted molar refractivity (Wildman–Crippen MR) is 133 cm³/mol. The lowest BCUT2D eigenvalue weighted by Gasteiger charge is -2.24. The van der Waals surface area contributed by atoms with Gasteiger partial charge >= 0.3 is 0 Å². The molecule has 5 nitrogen and oxygen atoms in total. The number of Topliss-reactive ketones (excluding diaryl/α,β-unsaturated/α-hetero) is 1. The summed E-state index contributed by atoms with van der Waals surface area (Å²) >= 11 is 13.8. The third-order valence-electron chi connectivity index (χ3n) is 5.56. The van der Waals surface area contributed by atoms with Crippen molar-refractivity contribution in [2.24, 2.45) is 0 Å². The highest BCUT2D eigenvalue weighted by Crippen LogP contribution is 2.46. The monoisotopic (exact) mass is 501 g/mol. The molecule has 3 aromatic rings. The first-order chi connectivity index (χ1) is 15.7. The van der Waals surface area contributed by atoms with E-state index < -0.39 is 23.5 Å². The lowest BCUT2D eigenvalue weighted by Crippen LogP contribution is -2.29. The summed E-state index contributed by atoms with van der Waals surface area (Å²) in [6, 6.07) is 13.3. The van der Waals surface area contributed by atoms with E-state index in [9.17, 15) is 14.7 Å². The van der Waals surface area contributed by atoms with E-state index in [4.69, 9.17) is 27.9 Å². The topological polar surface area (TPSA) is 66.8 Å². The molecule has 1 unspecified atom stereocenters. The fraction of sp³-hybridized carbons (Fsp3) is 0.200. The number of aliphatic hydroxyl groups excluding tert-OH is 1. The molecule has 170 valence electrons. The van der Waals surface area contributed by atoms with E-state index in [-0.39, 0.29) is 26.9 Å². The maximum atomic E-state index is 13.2. The van der Waals surface area contributed by atoms with Gasteiger partial charge in [-0.15, -0.1) is 11.3 Å². The molecule has 33 heavy (non-hydrogen) atoms.